The van der Waals surface area contributed by atoms with Crippen molar-refractivity contribution in [2.24, 2.45) is 0 Å². The number of ether oxygens (including phenoxy) is 1. The number of carbonyl (C=O) groups excluding carboxylic acids is 2. The summed E-state index contributed by atoms with van der Waals surface area (Å²) in [4.78, 5) is 28.3. The van der Waals surface area contributed by atoms with Gasteiger partial charge in [-0.2, -0.15) is 0 Å². The van der Waals surface area contributed by atoms with E-state index in [1.165, 1.54) is 0 Å². The summed E-state index contributed by atoms with van der Waals surface area (Å²) < 4.78 is 4.94. The molecule has 0 aliphatic carbocycles. The molecule has 0 aliphatic heterocycles. The fourth-order valence-corrected chi connectivity index (χ4v) is 3.03. The largest absolute Gasteiger partial charge is 0.462 e. The average Bonchev–Trinajstić information content (AvgIpc) is 2.83. The number of hydrogen-bond donors (Lipinski definition) is 1. The number of rotatable bonds is 5. The van der Waals surface area contributed by atoms with Gasteiger partial charge in [-0.1, -0.05) is 40.6 Å². The van der Waals surface area contributed by atoms with E-state index in [1.54, 1.807) is 32.0 Å². The van der Waals surface area contributed by atoms with Crippen LogP contribution in [0.4, 0.5) is 5.13 Å². The fourth-order valence-electron chi connectivity index (χ4n) is 1.83. The summed E-state index contributed by atoms with van der Waals surface area (Å²) in [5.74, 6) is -0.694. The zero-order valence-electron chi connectivity index (χ0n) is 12.5. The highest BCUT2D eigenvalue weighted by molar-refractivity contribution is 7.17. The number of thiazole rings is 1. The maximum Gasteiger partial charge on any atom is 0.350 e. The van der Waals surface area contributed by atoms with Gasteiger partial charge in [0.15, 0.2) is 5.13 Å². The molecule has 0 aliphatic rings. The smallest absolute Gasteiger partial charge is 0.350 e. The third-order valence-electron chi connectivity index (χ3n) is 2.85. The minimum atomic E-state index is -0.438. The summed E-state index contributed by atoms with van der Waals surface area (Å²) in [6.07, 6.45) is 0.129. The lowest BCUT2D eigenvalue weighted by Crippen LogP contribution is -2.14. The number of halogens is 2. The third-order valence-corrected chi connectivity index (χ3v) is 4.64. The number of anilines is 1. The molecule has 1 aromatic carbocycles. The first-order valence-corrected chi connectivity index (χ1v) is 8.36. The van der Waals surface area contributed by atoms with E-state index >= 15 is 0 Å². The Bertz CT molecular complexity index is 746. The molecule has 0 radical (unpaired) electrons. The van der Waals surface area contributed by atoms with Crippen LogP contribution in [-0.4, -0.2) is 23.5 Å². The number of nitrogens with one attached hydrogen (secondary N) is 1. The predicted molar refractivity (Wildman–Crippen MR) is 91.6 cm³/mol. The molecule has 1 N–H and O–H groups in total. The second-order valence-corrected chi connectivity index (χ2v) is 6.44. The zero-order chi connectivity index (χ0) is 17.0. The van der Waals surface area contributed by atoms with Gasteiger partial charge in [0.05, 0.1) is 28.8 Å². The highest BCUT2D eigenvalue weighted by Gasteiger charge is 2.17. The number of hydrogen-bond acceptors (Lipinski definition) is 5. The Kier molecular flexibility index (Phi) is 5.98. The first-order chi connectivity index (χ1) is 10.9. The van der Waals surface area contributed by atoms with Crippen LogP contribution < -0.4 is 5.32 Å². The molecule has 0 atom stereocenters. The number of aromatic nitrogens is 1. The van der Waals surface area contributed by atoms with E-state index in [9.17, 15) is 9.59 Å². The van der Waals surface area contributed by atoms with Crippen molar-refractivity contribution in [2.75, 3.05) is 11.9 Å². The Labute approximate surface area is 147 Å². The van der Waals surface area contributed by atoms with Crippen molar-refractivity contribution >= 4 is 51.5 Å². The van der Waals surface area contributed by atoms with Crippen molar-refractivity contribution < 1.29 is 14.3 Å². The van der Waals surface area contributed by atoms with Gasteiger partial charge in [-0.3, -0.25) is 4.79 Å². The molecule has 23 heavy (non-hydrogen) atoms. The molecule has 0 saturated heterocycles. The molecule has 122 valence electrons. The molecule has 0 spiro atoms. The molecular formula is C15H14Cl2N2O3S. The summed E-state index contributed by atoms with van der Waals surface area (Å²) >= 11 is 12.8. The van der Waals surface area contributed by atoms with Crippen LogP contribution in [-0.2, 0) is 16.0 Å². The van der Waals surface area contributed by atoms with E-state index in [1.807, 2.05) is 0 Å². The van der Waals surface area contributed by atoms with Gasteiger partial charge in [-0.25, -0.2) is 9.78 Å². The summed E-state index contributed by atoms with van der Waals surface area (Å²) in [7, 11) is 0. The maximum absolute atomic E-state index is 12.1. The molecular weight excluding hydrogens is 359 g/mol. The van der Waals surface area contributed by atoms with Crippen LogP contribution in [0.3, 0.4) is 0 Å². The summed E-state index contributed by atoms with van der Waals surface area (Å²) in [6.45, 7) is 3.71. The predicted octanol–water partition coefficient (Wildman–Crippen LogP) is 4.12. The Balaban J connectivity index is 2.04. The molecule has 0 saturated carbocycles. The Morgan fingerprint density at radius 3 is 2.70 bits per heavy atom. The van der Waals surface area contributed by atoms with E-state index in [4.69, 9.17) is 27.9 Å². The van der Waals surface area contributed by atoms with E-state index < -0.39 is 5.97 Å². The monoisotopic (exact) mass is 372 g/mol. The molecule has 8 heteroatoms. The summed E-state index contributed by atoms with van der Waals surface area (Å²) in [5, 5.41) is 3.86. The van der Waals surface area contributed by atoms with Gasteiger partial charge in [0.1, 0.15) is 4.88 Å². The quantitative estimate of drug-likeness (QED) is 0.801. The number of aryl methyl sites for hydroxylation is 1. The SMILES string of the molecule is CCOC(=O)c1sc(NC(=O)Cc2ccc(Cl)c(Cl)c2)nc1C. The minimum absolute atomic E-state index is 0.129. The molecule has 0 unspecified atom stereocenters. The fraction of sp³-hybridized carbons (Fsp3) is 0.267. The van der Waals surface area contributed by atoms with Gasteiger partial charge >= 0.3 is 5.97 Å². The third kappa shape index (κ3) is 4.67. The first kappa shape index (κ1) is 17.7. The lowest BCUT2D eigenvalue weighted by atomic mass is 10.1. The van der Waals surface area contributed by atoms with E-state index in [0.717, 1.165) is 16.9 Å². The second-order valence-electron chi connectivity index (χ2n) is 4.63. The molecule has 2 aromatic rings. The topological polar surface area (TPSA) is 68.3 Å². The number of carbonyl (C=O) groups is 2. The van der Waals surface area contributed by atoms with Crippen molar-refractivity contribution in [3.8, 4) is 0 Å². The molecule has 1 heterocycles. The van der Waals surface area contributed by atoms with E-state index in [-0.39, 0.29) is 18.9 Å². The average molecular weight is 373 g/mol. The highest BCUT2D eigenvalue weighted by Crippen LogP contribution is 2.25. The van der Waals surface area contributed by atoms with E-state index in [0.29, 0.717) is 25.7 Å². The lowest BCUT2D eigenvalue weighted by Gasteiger charge is -2.03. The van der Waals surface area contributed by atoms with Gasteiger partial charge in [-0.15, -0.1) is 0 Å². The van der Waals surface area contributed by atoms with Gasteiger partial charge in [0.25, 0.3) is 0 Å². The Hall–Kier alpha value is -1.63. The first-order valence-electron chi connectivity index (χ1n) is 6.79. The van der Waals surface area contributed by atoms with Gasteiger partial charge < -0.3 is 10.1 Å². The Morgan fingerprint density at radius 1 is 1.30 bits per heavy atom. The van der Waals surface area contributed by atoms with Crippen LogP contribution in [0.2, 0.25) is 10.0 Å². The van der Waals surface area contributed by atoms with E-state index in [2.05, 4.69) is 10.3 Å². The van der Waals surface area contributed by atoms with Crippen LogP contribution >= 0.6 is 34.5 Å². The summed E-state index contributed by atoms with van der Waals surface area (Å²) in [6, 6.07) is 5.00. The van der Waals surface area contributed by atoms with Crippen LogP contribution in [0.1, 0.15) is 27.9 Å². The van der Waals surface area contributed by atoms with Gasteiger partial charge in [0.2, 0.25) is 5.91 Å². The van der Waals surface area contributed by atoms with Crippen LogP contribution in [0.15, 0.2) is 18.2 Å². The summed E-state index contributed by atoms with van der Waals surface area (Å²) in [5.41, 5.74) is 1.26. The van der Waals surface area contributed by atoms with Crippen molar-refractivity contribution in [3.05, 3.63) is 44.4 Å². The maximum atomic E-state index is 12.1. The molecule has 0 fully saturated rings. The van der Waals surface area contributed by atoms with Crippen LogP contribution in [0.25, 0.3) is 0 Å². The standard InChI is InChI=1S/C15H14Cl2N2O3S/c1-3-22-14(21)13-8(2)18-15(23-13)19-12(20)7-9-4-5-10(16)11(17)6-9/h4-6H,3,7H2,1-2H3,(H,18,19,20). The number of esters is 1. The van der Waals surface area contributed by atoms with Crippen molar-refractivity contribution in [2.45, 2.75) is 20.3 Å². The van der Waals surface area contributed by atoms with Crippen molar-refractivity contribution in [1.82, 2.24) is 4.98 Å². The van der Waals surface area contributed by atoms with Crippen LogP contribution in [0, 0.1) is 6.92 Å². The minimum Gasteiger partial charge on any atom is -0.462 e. The van der Waals surface area contributed by atoms with Gasteiger partial charge in [-0.05, 0) is 31.5 Å². The van der Waals surface area contributed by atoms with Crippen molar-refractivity contribution in [1.29, 1.82) is 0 Å². The number of nitrogens with zero attached hydrogens (tertiary/aromatic N) is 1. The normalized spacial score (nSPS) is 10.4. The second kappa shape index (κ2) is 7.77. The molecule has 2 rings (SSSR count). The highest BCUT2D eigenvalue weighted by atomic mass is 35.5. The molecule has 1 amide bonds. The Morgan fingerprint density at radius 2 is 2.04 bits per heavy atom. The molecule has 0 bridgehead atoms. The number of benzene rings is 1. The zero-order valence-corrected chi connectivity index (χ0v) is 14.8. The van der Waals surface area contributed by atoms with Crippen LogP contribution in [0.5, 0.6) is 0 Å². The molecule has 5 nitrogen and oxygen atoms in total. The van der Waals surface area contributed by atoms with Crippen molar-refractivity contribution in [3.63, 3.8) is 0 Å². The number of amides is 1. The lowest BCUT2D eigenvalue weighted by molar-refractivity contribution is -0.115. The van der Waals surface area contributed by atoms with Gasteiger partial charge in [0, 0.05) is 0 Å². The molecule has 1 aromatic heterocycles.